The second kappa shape index (κ2) is 4.29. The van der Waals surface area contributed by atoms with Gasteiger partial charge in [-0.15, -0.1) is 12.4 Å². The molecule has 1 heterocycles. The smallest absolute Gasteiger partial charge is 0.316 e. The number of benzene rings is 1. The topological polar surface area (TPSA) is 12.0 Å². The van der Waals surface area contributed by atoms with Gasteiger partial charge >= 0.3 is 6.18 Å². The summed E-state index contributed by atoms with van der Waals surface area (Å²) in [6, 6.07) is 4.31. The van der Waals surface area contributed by atoms with Gasteiger partial charge in [-0.25, -0.2) is 0 Å². The van der Waals surface area contributed by atoms with Crippen molar-refractivity contribution < 1.29 is 13.2 Å². The number of hydrogen-bond donors (Lipinski definition) is 1. The Bertz CT molecular complexity index is 475. The van der Waals surface area contributed by atoms with E-state index in [1.54, 1.807) is 6.07 Å². The molecule has 1 aromatic rings. The third-order valence-corrected chi connectivity index (χ3v) is 4.24. The largest absolute Gasteiger partial charge is 0.417 e. The van der Waals surface area contributed by atoms with Crippen LogP contribution in [0.4, 0.5) is 13.2 Å². The third kappa shape index (κ3) is 2.00. The highest BCUT2D eigenvalue weighted by Crippen LogP contribution is 2.57. The molecule has 1 aliphatic carbocycles. The summed E-state index contributed by atoms with van der Waals surface area (Å²) in [7, 11) is 0. The van der Waals surface area contributed by atoms with Crippen LogP contribution in [0.1, 0.15) is 17.5 Å². The molecule has 1 saturated heterocycles. The molecule has 1 saturated carbocycles. The monoisotopic (exact) mass is 297 g/mol. The normalized spacial score (nSPS) is 29.7. The third-order valence-electron chi connectivity index (χ3n) is 3.91. The molecule has 3 rings (SSSR count). The number of alkyl halides is 3. The van der Waals surface area contributed by atoms with Gasteiger partial charge in [-0.3, -0.25) is 0 Å². The van der Waals surface area contributed by atoms with Crippen molar-refractivity contribution in [2.75, 3.05) is 13.1 Å². The van der Waals surface area contributed by atoms with E-state index in [0.717, 1.165) is 25.1 Å². The molecule has 18 heavy (non-hydrogen) atoms. The molecule has 0 bridgehead atoms. The summed E-state index contributed by atoms with van der Waals surface area (Å²) in [6.07, 6.45) is -3.39. The molecule has 1 aromatic carbocycles. The maximum atomic E-state index is 12.8. The van der Waals surface area contributed by atoms with Crippen LogP contribution in [-0.4, -0.2) is 13.1 Å². The molecule has 2 atom stereocenters. The molecular formula is C12H12Cl2F3N. The number of rotatable bonds is 1. The number of fused-ring (bicyclic) bond motifs is 1. The van der Waals surface area contributed by atoms with Crippen molar-refractivity contribution in [2.24, 2.45) is 5.92 Å². The number of halogens is 5. The van der Waals surface area contributed by atoms with Crippen LogP contribution in [0.2, 0.25) is 5.02 Å². The first-order chi connectivity index (χ1) is 7.93. The van der Waals surface area contributed by atoms with Gasteiger partial charge in [0.05, 0.1) is 10.6 Å². The van der Waals surface area contributed by atoms with Crippen molar-refractivity contribution in [3.63, 3.8) is 0 Å². The zero-order valence-corrected chi connectivity index (χ0v) is 10.9. The Morgan fingerprint density at radius 1 is 1.33 bits per heavy atom. The molecule has 1 aliphatic heterocycles. The van der Waals surface area contributed by atoms with Crippen molar-refractivity contribution in [2.45, 2.75) is 18.0 Å². The Labute approximate surface area is 114 Å². The molecule has 1 N–H and O–H groups in total. The van der Waals surface area contributed by atoms with E-state index in [2.05, 4.69) is 5.32 Å². The Morgan fingerprint density at radius 3 is 2.56 bits per heavy atom. The van der Waals surface area contributed by atoms with Gasteiger partial charge in [-0.1, -0.05) is 17.7 Å². The summed E-state index contributed by atoms with van der Waals surface area (Å²) in [4.78, 5) is 0. The fourth-order valence-corrected chi connectivity index (χ4v) is 3.07. The molecule has 0 amide bonds. The molecule has 2 aliphatic rings. The maximum absolute atomic E-state index is 12.8. The summed E-state index contributed by atoms with van der Waals surface area (Å²) in [5.41, 5.74) is -0.0160. The quantitative estimate of drug-likeness (QED) is 0.834. The molecule has 100 valence electrons. The second-order valence-corrected chi connectivity index (χ2v) is 5.29. The van der Waals surface area contributed by atoms with Crippen LogP contribution in [0.3, 0.4) is 0 Å². The van der Waals surface area contributed by atoms with Gasteiger partial charge < -0.3 is 5.32 Å². The van der Waals surface area contributed by atoms with Gasteiger partial charge in [-0.2, -0.15) is 13.2 Å². The minimum Gasteiger partial charge on any atom is -0.316 e. The van der Waals surface area contributed by atoms with E-state index < -0.39 is 11.7 Å². The van der Waals surface area contributed by atoms with Crippen molar-refractivity contribution in [1.82, 2.24) is 5.32 Å². The molecule has 0 spiro atoms. The zero-order valence-electron chi connectivity index (χ0n) is 9.35. The minimum absolute atomic E-state index is 0. The van der Waals surface area contributed by atoms with E-state index in [0.29, 0.717) is 5.92 Å². The van der Waals surface area contributed by atoms with E-state index >= 15 is 0 Å². The summed E-state index contributed by atoms with van der Waals surface area (Å²) in [6.45, 7) is 1.68. The number of hydrogen-bond acceptors (Lipinski definition) is 1. The highest BCUT2D eigenvalue weighted by atomic mass is 35.5. The first-order valence-electron chi connectivity index (χ1n) is 5.51. The Kier molecular flexibility index (Phi) is 3.33. The summed E-state index contributed by atoms with van der Waals surface area (Å²) >= 11 is 5.61. The first-order valence-corrected chi connectivity index (χ1v) is 5.89. The Hall–Kier alpha value is -0.450. The average Bonchev–Trinajstić information content (AvgIpc) is 2.80. The van der Waals surface area contributed by atoms with Crippen molar-refractivity contribution >= 4 is 24.0 Å². The maximum Gasteiger partial charge on any atom is 0.417 e. The lowest BCUT2D eigenvalue weighted by Gasteiger charge is -2.16. The highest BCUT2D eigenvalue weighted by molar-refractivity contribution is 6.31. The lowest BCUT2D eigenvalue weighted by atomic mass is 9.93. The van der Waals surface area contributed by atoms with Crippen molar-refractivity contribution in [1.29, 1.82) is 0 Å². The van der Waals surface area contributed by atoms with Crippen LogP contribution >= 0.6 is 24.0 Å². The fourth-order valence-electron chi connectivity index (χ4n) is 2.84. The van der Waals surface area contributed by atoms with Crippen LogP contribution < -0.4 is 5.32 Å². The number of nitrogens with one attached hydrogen (secondary N) is 1. The lowest BCUT2D eigenvalue weighted by molar-refractivity contribution is -0.137. The fraction of sp³-hybridized carbons (Fsp3) is 0.500. The van der Waals surface area contributed by atoms with Crippen LogP contribution in [0.15, 0.2) is 18.2 Å². The first kappa shape index (κ1) is 14.0. The Morgan fingerprint density at radius 2 is 2.06 bits per heavy atom. The lowest BCUT2D eigenvalue weighted by Crippen LogP contribution is -2.20. The van der Waals surface area contributed by atoms with Crippen molar-refractivity contribution in [3.05, 3.63) is 34.3 Å². The standard InChI is InChI=1S/C12H11ClF3N.ClH/c13-10-2-1-7(3-9(10)12(14,15)16)11-4-8(11)5-17-6-11;/h1-3,8,17H,4-6H2;1H. The highest BCUT2D eigenvalue weighted by Gasteiger charge is 2.58. The predicted octanol–water partition coefficient (Wildman–Crippen LogP) is 3.64. The molecule has 2 fully saturated rings. The van der Waals surface area contributed by atoms with Crippen LogP contribution in [-0.2, 0) is 11.6 Å². The van der Waals surface area contributed by atoms with Gasteiger partial charge in [0.25, 0.3) is 0 Å². The zero-order chi connectivity index (χ0) is 12.3. The predicted molar refractivity (Wildman–Crippen MR) is 66.4 cm³/mol. The summed E-state index contributed by atoms with van der Waals surface area (Å²) < 4.78 is 38.3. The molecule has 0 radical (unpaired) electrons. The minimum atomic E-state index is -4.37. The SMILES string of the molecule is Cl.FC(F)(F)c1cc(C23CNCC2C3)ccc1Cl. The second-order valence-electron chi connectivity index (χ2n) is 4.88. The van der Waals surface area contributed by atoms with Crippen LogP contribution in [0, 0.1) is 5.92 Å². The van der Waals surface area contributed by atoms with Gasteiger partial charge in [0, 0.05) is 12.0 Å². The van der Waals surface area contributed by atoms with Gasteiger partial charge in [-0.05, 0) is 36.6 Å². The van der Waals surface area contributed by atoms with E-state index in [4.69, 9.17) is 11.6 Å². The van der Waals surface area contributed by atoms with Crippen LogP contribution in [0.25, 0.3) is 0 Å². The Balaban J connectivity index is 0.00000120. The molecule has 2 unspecified atom stereocenters. The molecular weight excluding hydrogens is 286 g/mol. The molecule has 0 aromatic heterocycles. The molecule has 6 heteroatoms. The van der Waals surface area contributed by atoms with Crippen molar-refractivity contribution in [3.8, 4) is 0 Å². The summed E-state index contributed by atoms with van der Waals surface area (Å²) in [5.74, 6) is 0.491. The van der Waals surface area contributed by atoms with E-state index in [9.17, 15) is 13.2 Å². The van der Waals surface area contributed by atoms with Gasteiger partial charge in [0.15, 0.2) is 0 Å². The van der Waals surface area contributed by atoms with Gasteiger partial charge in [0.2, 0.25) is 0 Å². The average molecular weight is 298 g/mol. The van der Waals surface area contributed by atoms with Gasteiger partial charge in [0.1, 0.15) is 0 Å². The summed E-state index contributed by atoms with van der Waals surface area (Å²) in [5, 5.41) is 3.00. The van der Waals surface area contributed by atoms with E-state index in [-0.39, 0.29) is 22.8 Å². The van der Waals surface area contributed by atoms with E-state index in [1.165, 1.54) is 12.1 Å². The van der Waals surface area contributed by atoms with Crippen LogP contribution in [0.5, 0.6) is 0 Å². The molecule has 1 nitrogen and oxygen atoms in total. The van der Waals surface area contributed by atoms with E-state index in [1.807, 2.05) is 0 Å². The number of piperidine rings is 1.